The molecule has 4 saturated carbocycles. The molecule has 3 N–H and O–H groups in total. The maximum Gasteiger partial charge on any atom is 0.309 e. The molecule has 1 unspecified atom stereocenters. The van der Waals surface area contributed by atoms with Crippen molar-refractivity contribution in [2.45, 2.75) is 78.2 Å². The van der Waals surface area contributed by atoms with Crippen molar-refractivity contribution < 1.29 is 24.9 Å². The van der Waals surface area contributed by atoms with Gasteiger partial charge >= 0.3 is 11.9 Å². The Hall–Kier alpha value is -1.10. The number of rotatable bonds is 2. The quantitative estimate of drug-likeness (QED) is 0.696. The maximum absolute atomic E-state index is 12.2. The molecule has 0 amide bonds. The molecule has 0 aromatic rings. The molecule has 4 aliphatic rings. The first-order valence-electron chi connectivity index (χ1n) is 10.2. The minimum Gasteiger partial charge on any atom is -0.481 e. The smallest absolute Gasteiger partial charge is 0.309 e. The summed E-state index contributed by atoms with van der Waals surface area (Å²) in [5.41, 5.74) is -1.55. The van der Waals surface area contributed by atoms with Crippen LogP contribution in [0.1, 0.15) is 72.1 Å². The predicted molar refractivity (Wildman–Crippen MR) is 95.4 cm³/mol. The Balaban J connectivity index is 1.81. The van der Waals surface area contributed by atoms with E-state index in [2.05, 4.69) is 13.8 Å². The van der Waals surface area contributed by atoms with Crippen molar-refractivity contribution in [2.24, 2.45) is 39.4 Å². The van der Waals surface area contributed by atoms with E-state index in [-0.39, 0.29) is 28.1 Å². The Morgan fingerprint density at radius 2 is 1.58 bits per heavy atom. The highest BCUT2D eigenvalue weighted by molar-refractivity contribution is 5.75. The fourth-order valence-electron chi connectivity index (χ4n) is 8.45. The molecule has 26 heavy (non-hydrogen) atoms. The third-order valence-corrected chi connectivity index (χ3v) is 9.51. The molecule has 146 valence electrons. The van der Waals surface area contributed by atoms with Crippen LogP contribution >= 0.6 is 0 Å². The Kier molecular flexibility index (Phi) is 3.68. The molecule has 4 fully saturated rings. The average molecular weight is 364 g/mol. The number of carboxylic acid groups (broad SMARTS) is 2. The van der Waals surface area contributed by atoms with Gasteiger partial charge in [0.2, 0.25) is 0 Å². The van der Waals surface area contributed by atoms with Crippen molar-refractivity contribution >= 4 is 11.9 Å². The van der Waals surface area contributed by atoms with E-state index >= 15 is 0 Å². The van der Waals surface area contributed by atoms with Gasteiger partial charge in [0.25, 0.3) is 0 Å². The van der Waals surface area contributed by atoms with Gasteiger partial charge < -0.3 is 15.3 Å². The van der Waals surface area contributed by atoms with Crippen molar-refractivity contribution in [1.29, 1.82) is 0 Å². The fourth-order valence-corrected chi connectivity index (χ4v) is 8.45. The van der Waals surface area contributed by atoms with E-state index in [9.17, 15) is 24.9 Å². The van der Waals surface area contributed by atoms with E-state index in [4.69, 9.17) is 0 Å². The van der Waals surface area contributed by atoms with Gasteiger partial charge in [-0.25, -0.2) is 0 Å². The lowest BCUT2D eigenvalue weighted by Gasteiger charge is -2.64. The number of hydrogen-bond acceptors (Lipinski definition) is 3. The summed E-state index contributed by atoms with van der Waals surface area (Å²) in [6.07, 6.45) is 5.83. The van der Waals surface area contributed by atoms with Crippen LogP contribution in [0.25, 0.3) is 0 Å². The number of aliphatic hydroxyl groups excluding tert-OH is 1. The number of carboxylic acids is 2. The van der Waals surface area contributed by atoms with Crippen LogP contribution in [-0.4, -0.2) is 33.4 Å². The summed E-state index contributed by atoms with van der Waals surface area (Å²) in [5.74, 6) is -2.00. The summed E-state index contributed by atoms with van der Waals surface area (Å²) in [4.78, 5) is 24.3. The highest BCUT2D eigenvalue weighted by Gasteiger charge is 2.72. The summed E-state index contributed by atoms with van der Waals surface area (Å²) in [6, 6.07) is 0. The van der Waals surface area contributed by atoms with Crippen LogP contribution in [0.15, 0.2) is 0 Å². The van der Waals surface area contributed by atoms with Crippen molar-refractivity contribution in [1.82, 2.24) is 0 Å². The van der Waals surface area contributed by atoms with Crippen LogP contribution in [0.4, 0.5) is 0 Å². The number of carbonyl (C=O) groups is 2. The lowest BCUT2D eigenvalue weighted by Crippen LogP contribution is -2.60. The number of hydrogen-bond donors (Lipinski definition) is 3. The lowest BCUT2D eigenvalue weighted by molar-refractivity contribution is -0.192. The summed E-state index contributed by atoms with van der Waals surface area (Å²) < 4.78 is 0. The zero-order valence-corrected chi connectivity index (χ0v) is 16.1. The molecule has 0 aromatic heterocycles. The van der Waals surface area contributed by atoms with E-state index in [1.807, 2.05) is 6.92 Å². The molecule has 0 aliphatic heterocycles. The lowest BCUT2D eigenvalue weighted by atomic mass is 9.39. The molecule has 8 atom stereocenters. The molecule has 5 nitrogen and oxygen atoms in total. The van der Waals surface area contributed by atoms with Crippen molar-refractivity contribution in [3.63, 3.8) is 0 Å². The first kappa shape index (κ1) is 18.3. The predicted octanol–water partition coefficient (Wildman–Crippen LogP) is 3.55. The molecular weight excluding hydrogens is 332 g/mol. The average Bonchev–Trinajstić information content (AvgIpc) is 2.69. The van der Waals surface area contributed by atoms with E-state index in [0.29, 0.717) is 6.42 Å². The molecule has 0 radical (unpaired) electrons. The summed E-state index contributed by atoms with van der Waals surface area (Å²) in [6.45, 7) is 6.19. The maximum atomic E-state index is 12.2. The Bertz CT molecular complexity index is 661. The minimum atomic E-state index is -0.869. The molecule has 2 bridgehead atoms. The van der Waals surface area contributed by atoms with Gasteiger partial charge in [-0.2, -0.15) is 0 Å². The van der Waals surface area contributed by atoms with E-state index in [0.717, 1.165) is 44.9 Å². The first-order chi connectivity index (χ1) is 12.0. The number of fused-ring (bicyclic) bond motifs is 3. The molecule has 5 heteroatoms. The fraction of sp³-hybridized carbons (Fsp3) is 0.905. The van der Waals surface area contributed by atoms with E-state index in [1.54, 1.807) is 0 Å². The monoisotopic (exact) mass is 364 g/mol. The second kappa shape index (κ2) is 5.24. The molecule has 4 aliphatic carbocycles. The van der Waals surface area contributed by atoms with Crippen LogP contribution in [0, 0.1) is 39.4 Å². The van der Waals surface area contributed by atoms with Crippen LogP contribution in [0.3, 0.4) is 0 Å². The first-order valence-corrected chi connectivity index (χ1v) is 10.2. The van der Waals surface area contributed by atoms with Gasteiger partial charge in [-0.15, -0.1) is 0 Å². The summed E-state index contributed by atoms with van der Waals surface area (Å²) in [7, 11) is 0. The Morgan fingerprint density at radius 1 is 0.923 bits per heavy atom. The van der Waals surface area contributed by atoms with Crippen LogP contribution in [0.5, 0.6) is 0 Å². The van der Waals surface area contributed by atoms with Crippen molar-refractivity contribution in [2.75, 3.05) is 0 Å². The van der Waals surface area contributed by atoms with Gasteiger partial charge in [0, 0.05) is 0 Å². The van der Waals surface area contributed by atoms with Gasteiger partial charge in [0.1, 0.15) is 0 Å². The molecule has 1 spiro atoms. The van der Waals surface area contributed by atoms with Crippen molar-refractivity contribution in [3.05, 3.63) is 0 Å². The molecule has 0 aromatic carbocycles. The van der Waals surface area contributed by atoms with Crippen LogP contribution in [-0.2, 0) is 9.59 Å². The minimum absolute atomic E-state index is 0.0911. The third kappa shape index (κ3) is 1.96. The standard InChI is InChI=1S/C21H32O5/c1-18-9-5-13-19(2)7-4-8-20(3,17(25)26)12(19)6-10-21(13,11-18)14(15(18)22)16(23)24/h12-15,22H,4-11H2,1-3H3,(H,23,24)(H,25,26)/t12-,13-,14-,15+,18-,19+,20+,21?/m0/s1. The highest BCUT2D eigenvalue weighted by atomic mass is 16.4. The number of aliphatic hydroxyl groups is 1. The highest BCUT2D eigenvalue weighted by Crippen LogP contribution is 2.75. The van der Waals surface area contributed by atoms with Gasteiger partial charge in [-0.3, -0.25) is 9.59 Å². The van der Waals surface area contributed by atoms with Gasteiger partial charge in [-0.05, 0) is 80.0 Å². The zero-order valence-electron chi connectivity index (χ0n) is 16.1. The second-order valence-corrected chi connectivity index (χ2v) is 10.6. The van der Waals surface area contributed by atoms with Gasteiger partial charge in [-0.1, -0.05) is 20.3 Å². The summed E-state index contributed by atoms with van der Waals surface area (Å²) in [5, 5.41) is 30.9. The number of aliphatic carboxylic acids is 2. The molecular formula is C21H32O5. The van der Waals surface area contributed by atoms with Gasteiger partial charge in [0.15, 0.2) is 0 Å². The SMILES string of the molecule is C[C@]12CC[C@@H]3C(CC[C@H]4[C@@]3(C)CCC[C@@]4(C)C(=O)O)(C1)[C@H](C(=O)O)[C@H]2O. The van der Waals surface area contributed by atoms with E-state index in [1.165, 1.54) is 0 Å². The molecule has 4 rings (SSSR count). The van der Waals surface area contributed by atoms with Crippen molar-refractivity contribution in [3.8, 4) is 0 Å². The molecule has 0 saturated heterocycles. The van der Waals surface area contributed by atoms with E-state index < -0.39 is 29.4 Å². The summed E-state index contributed by atoms with van der Waals surface area (Å²) >= 11 is 0. The second-order valence-electron chi connectivity index (χ2n) is 10.6. The Labute approximate surface area is 155 Å². The largest absolute Gasteiger partial charge is 0.481 e. The third-order valence-electron chi connectivity index (χ3n) is 9.51. The van der Waals surface area contributed by atoms with Gasteiger partial charge in [0.05, 0.1) is 17.4 Å². The van der Waals surface area contributed by atoms with Crippen LogP contribution < -0.4 is 0 Å². The topological polar surface area (TPSA) is 94.8 Å². The van der Waals surface area contributed by atoms with Crippen LogP contribution in [0.2, 0.25) is 0 Å². The molecule has 0 heterocycles. The normalized spacial score (nSPS) is 55.7. The Morgan fingerprint density at radius 3 is 2.19 bits per heavy atom. The zero-order chi connectivity index (χ0) is 19.1.